The first kappa shape index (κ1) is 28.1. The molecule has 0 aromatic rings. The van der Waals surface area contributed by atoms with Gasteiger partial charge in [-0.25, -0.2) is 4.79 Å². The second-order valence-corrected chi connectivity index (χ2v) is 6.56. The predicted molar refractivity (Wildman–Crippen MR) is 108 cm³/mol. The zero-order chi connectivity index (χ0) is 24.8. The molecule has 13 N–H and O–H groups in total. The molecule has 0 saturated carbocycles. The molecule has 3 unspecified atom stereocenters. The first-order valence-electron chi connectivity index (χ1n) is 9.24. The van der Waals surface area contributed by atoms with Crippen LogP contribution in [0.15, 0.2) is 4.99 Å². The fraction of sp³-hybridized carbons (Fsp3) is 0.562. The molecule has 0 aliphatic heterocycles. The summed E-state index contributed by atoms with van der Waals surface area (Å²) in [4.78, 5) is 72.8. The van der Waals surface area contributed by atoms with Gasteiger partial charge in [0, 0.05) is 6.54 Å². The maximum Gasteiger partial charge on any atom is 0.326 e. The van der Waals surface area contributed by atoms with Crippen LogP contribution in [0, 0.1) is 0 Å². The van der Waals surface area contributed by atoms with E-state index in [1.165, 1.54) is 0 Å². The molecule has 0 aliphatic rings. The maximum atomic E-state index is 12.2. The Balaban J connectivity index is 4.83. The lowest BCUT2D eigenvalue weighted by Gasteiger charge is -2.19. The molecule has 0 saturated heterocycles. The standard InChI is InChI=1S/C16H28N8O8/c17-7(4-10(18)25)13(29)24-9(5-12(27)28)14(30)22-6-11(26)23-8(15(31)32)2-1-3-21-16(19)20/h7-9H,1-6,17H2,(H2,18,25)(H,22,30)(H,23,26)(H,24,29)(H,27,28)(H,31,32)(H4,19,20,21). The highest BCUT2D eigenvalue weighted by molar-refractivity contribution is 5.95. The average molecular weight is 460 g/mol. The highest BCUT2D eigenvalue weighted by atomic mass is 16.4. The van der Waals surface area contributed by atoms with Gasteiger partial charge in [-0.2, -0.15) is 0 Å². The lowest BCUT2D eigenvalue weighted by Crippen LogP contribution is -2.54. The fourth-order valence-corrected chi connectivity index (χ4v) is 2.27. The molecule has 0 rings (SSSR count). The number of hydrogen-bond donors (Lipinski definition) is 9. The van der Waals surface area contributed by atoms with E-state index in [1.54, 1.807) is 0 Å². The number of carboxylic acids is 2. The van der Waals surface area contributed by atoms with E-state index < -0.39 is 73.1 Å². The Hall–Kier alpha value is -3.95. The number of nitrogens with one attached hydrogen (secondary N) is 3. The van der Waals surface area contributed by atoms with Crippen molar-refractivity contribution in [2.24, 2.45) is 27.9 Å². The van der Waals surface area contributed by atoms with Gasteiger partial charge in [0.2, 0.25) is 23.6 Å². The Bertz CT molecular complexity index is 752. The van der Waals surface area contributed by atoms with Gasteiger partial charge in [0.25, 0.3) is 0 Å². The van der Waals surface area contributed by atoms with Crippen LogP contribution < -0.4 is 38.9 Å². The topological polar surface area (TPSA) is 295 Å². The van der Waals surface area contributed by atoms with Gasteiger partial charge >= 0.3 is 11.9 Å². The number of primary amides is 1. The summed E-state index contributed by atoms with van der Waals surface area (Å²) in [6.07, 6.45) is -1.12. The van der Waals surface area contributed by atoms with Crippen molar-refractivity contribution in [2.45, 2.75) is 43.8 Å². The highest BCUT2D eigenvalue weighted by Crippen LogP contribution is 1.99. The molecule has 0 heterocycles. The molecule has 16 nitrogen and oxygen atoms in total. The zero-order valence-corrected chi connectivity index (χ0v) is 17.1. The number of amides is 4. The van der Waals surface area contributed by atoms with Gasteiger partial charge in [0.05, 0.1) is 25.4 Å². The smallest absolute Gasteiger partial charge is 0.326 e. The summed E-state index contributed by atoms with van der Waals surface area (Å²) >= 11 is 0. The largest absolute Gasteiger partial charge is 0.481 e. The van der Waals surface area contributed by atoms with Gasteiger partial charge in [-0.1, -0.05) is 0 Å². The van der Waals surface area contributed by atoms with Crippen LogP contribution in [0.1, 0.15) is 25.7 Å². The molecule has 0 spiro atoms. The number of rotatable bonds is 15. The van der Waals surface area contributed by atoms with Crippen molar-refractivity contribution in [3.05, 3.63) is 0 Å². The predicted octanol–water partition coefficient (Wildman–Crippen LogP) is -5.11. The van der Waals surface area contributed by atoms with E-state index in [2.05, 4.69) is 20.9 Å². The van der Waals surface area contributed by atoms with Crippen LogP contribution in [-0.4, -0.2) is 83.0 Å². The third kappa shape index (κ3) is 12.6. The van der Waals surface area contributed by atoms with Gasteiger partial charge in [-0.3, -0.25) is 29.0 Å². The van der Waals surface area contributed by atoms with Gasteiger partial charge in [0.15, 0.2) is 5.96 Å². The highest BCUT2D eigenvalue weighted by Gasteiger charge is 2.27. The summed E-state index contributed by atoms with van der Waals surface area (Å²) in [5.74, 6) is -6.72. The monoisotopic (exact) mass is 460 g/mol. The Labute approximate surface area is 182 Å². The first-order chi connectivity index (χ1) is 14.8. The van der Waals surface area contributed by atoms with Crippen molar-refractivity contribution in [3.63, 3.8) is 0 Å². The van der Waals surface area contributed by atoms with E-state index in [0.29, 0.717) is 0 Å². The van der Waals surface area contributed by atoms with Crippen LogP contribution >= 0.6 is 0 Å². The lowest BCUT2D eigenvalue weighted by atomic mass is 10.1. The van der Waals surface area contributed by atoms with Crippen LogP contribution in [0.25, 0.3) is 0 Å². The number of nitrogens with zero attached hydrogens (tertiary/aromatic N) is 1. The van der Waals surface area contributed by atoms with Crippen molar-refractivity contribution in [1.29, 1.82) is 0 Å². The molecule has 3 atom stereocenters. The normalized spacial score (nSPS) is 13.0. The Morgan fingerprint density at radius 3 is 2.00 bits per heavy atom. The van der Waals surface area contributed by atoms with Gasteiger partial charge < -0.3 is 49.1 Å². The molecule has 180 valence electrons. The molecule has 0 radical (unpaired) electrons. The van der Waals surface area contributed by atoms with E-state index in [1.807, 2.05) is 0 Å². The third-order valence-electron chi connectivity index (χ3n) is 3.77. The summed E-state index contributed by atoms with van der Waals surface area (Å²) < 4.78 is 0. The average Bonchev–Trinajstić information content (AvgIpc) is 2.66. The number of nitrogens with two attached hydrogens (primary N) is 4. The molecule has 0 aromatic carbocycles. The number of aliphatic imine (C=N–C) groups is 1. The minimum atomic E-state index is -1.61. The fourth-order valence-electron chi connectivity index (χ4n) is 2.27. The quantitative estimate of drug-likeness (QED) is 0.0632. The van der Waals surface area contributed by atoms with E-state index in [9.17, 15) is 28.8 Å². The van der Waals surface area contributed by atoms with Crippen molar-refractivity contribution in [2.75, 3.05) is 13.1 Å². The molecule has 4 amide bonds. The van der Waals surface area contributed by atoms with Crippen molar-refractivity contribution >= 4 is 41.5 Å². The van der Waals surface area contributed by atoms with Crippen LogP contribution in [-0.2, 0) is 28.8 Å². The molecule has 32 heavy (non-hydrogen) atoms. The maximum absolute atomic E-state index is 12.2. The molecule has 0 aromatic heterocycles. The van der Waals surface area contributed by atoms with Crippen molar-refractivity contribution < 1.29 is 39.0 Å². The van der Waals surface area contributed by atoms with E-state index in [4.69, 9.17) is 33.1 Å². The number of carbonyl (C=O) groups is 6. The molecular weight excluding hydrogens is 432 g/mol. The van der Waals surface area contributed by atoms with Crippen molar-refractivity contribution in [3.8, 4) is 0 Å². The van der Waals surface area contributed by atoms with Crippen molar-refractivity contribution in [1.82, 2.24) is 16.0 Å². The molecule has 0 bridgehead atoms. The number of carbonyl (C=O) groups excluding carboxylic acids is 4. The summed E-state index contributed by atoms with van der Waals surface area (Å²) in [5, 5.41) is 24.4. The minimum absolute atomic E-state index is 0.00124. The second kappa shape index (κ2) is 14.1. The Morgan fingerprint density at radius 1 is 0.875 bits per heavy atom. The van der Waals surface area contributed by atoms with Crippen LogP contribution in [0.4, 0.5) is 0 Å². The Kier molecular flexibility index (Phi) is 12.4. The molecular formula is C16H28N8O8. The van der Waals surface area contributed by atoms with E-state index >= 15 is 0 Å². The van der Waals surface area contributed by atoms with Gasteiger partial charge in [0.1, 0.15) is 12.1 Å². The zero-order valence-electron chi connectivity index (χ0n) is 17.1. The minimum Gasteiger partial charge on any atom is -0.481 e. The molecule has 16 heteroatoms. The van der Waals surface area contributed by atoms with Crippen LogP contribution in [0.2, 0.25) is 0 Å². The molecule has 0 aliphatic carbocycles. The van der Waals surface area contributed by atoms with Crippen LogP contribution in [0.3, 0.4) is 0 Å². The summed E-state index contributed by atoms with van der Waals surface area (Å²) in [6, 6.07) is -4.30. The number of aliphatic carboxylic acids is 2. The lowest BCUT2D eigenvalue weighted by molar-refractivity contribution is -0.142. The second-order valence-electron chi connectivity index (χ2n) is 6.56. The first-order valence-corrected chi connectivity index (χ1v) is 9.24. The SMILES string of the molecule is NC(=O)CC(N)C(=O)NC(CC(=O)O)C(=O)NCC(=O)NC(CCCN=C(N)N)C(=O)O. The number of hydrogen-bond acceptors (Lipinski definition) is 8. The summed E-state index contributed by atoms with van der Waals surface area (Å²) in [5.41, 5.74) is 20.7. The van der Waals surface area contributed by atoms with Gasteiger partial charge in [-0.05, 0) is 12.8 Å². The summed E-state index contributed by atoms with van der Waals surface area (Å²) in [7, 11) is 0. The molecule has 0 fully saturated rings. The van der Waals surface area contributed by atoms with Gasteiger partial charge in [-0.15, -0.1) is 0 Å². The third-order valence-corrected chi connectivity index (χ3v) is 3.77. The summed E-state index contributed by atoms with van der Waals surface area (Å²) in [6.45, 7) is -0.553. The Morgan fingerprint density at radius 2 is 1.50 bits per heavy atom. The van der Waals surface area contributed by atoms with E-state index in [0.717, 1.165) is 0 Å². The number of carboxylic acid groups (broad SMARTS) is 2. The van der Waals surface area contributed by atoms with E-state index in [-0.39, 0.29) is 25.3 Å². The number of guanidine groups is 1. The van der Waals surface area contributed by atoms with Crippen LogP contribution in [0.5, 0.6) is 0 Å².